The van der Waals surface area contributed by atoms with E-state index in [0.717, 1.165) is 45.2 Å². The number of piperidine rings is 1. The molecule has 1 fully saturated rings. The Morgan fingerprint density at radius 3 is 2.76 bits per heavy atom. The van der Waals surface area contributed by atoms with Crippen molar-refractivity contribution in [3.8, 4) is 0 Å². The van der Waals surface area contributed by atoms with Crippen LogP contribution in [0.2, 0.25) is 0 Å². The summed E-state index contributed by atoms with van der Waals surface area (Å²) >= 11 is 0. The number of hydrogen-bond donors (Lipinski definition) is 1. The predicted molar refractivity (Wildman–Crippen MR) is 69.9 cm³/mol. The molecule has 1 aliphatic rings. The minimum absolute atomic E-state index is 0.0256. The van der Waals surface area contributed by atoms with Crippen LogP contribution in [0.25, 0.3) is 0 Å². The van der Waals surface area contributed by atoms with Gasteiger partial charge in [-0.3, -0.25) is 4.79 Å². The fraction of sp³-hybridized carbons (Fsp3) is 0.929. The largest absolute Gasteiger partial charge is 0.465 e. The lowest BCUT2D eigenvalue weighted by molar-refractivity contribution is -0.157. The first-order chi connectivity index (χ1) is 8.09. The van der Waals surface area contributed by atoms with Crippen molar-refractivity contribution in [2.75, 3.05) is 19.7 Å². The normalized spacial score (nSPS) is 21.2. The zero-order valence-corrected chi connectivity index (χ0v) is 11.6. The predicted octanol–water partition coefficient (Wildman–Crippen LogP) is 2.75. The Morgan fingerprint density at radius 1 is 1.41 bits per heavy atom. The summed E-state index contributed by atoms with van der Waals surface area (Å²) in [5.74, 6) is 0.386. The van der Waals surface area contributed by atoms with Crippen LogP contribution in [-0.2, 0) is 9.53 Å². The standard InChI is InChI=1S/C14H27NO2/c1-4-5-6-10-17-13(16)14(2,3)12-8-7-9-15-11-12/h12,15H,4-11H2,1-3H3. The molecule has 1 N–H and O–H groups in total. The molecule has 0 radical (unpaired) electrons. The topological polar surface area (TPSA) is 38.3 Å². The molecule has 0 aromatic heterocycles. The van der Waals surface area contributed by atoms with Crippen molar-refractivity contribution >= 4 is 5.97 Å². The molecule has 0 amide bonds. The molecular formula is C14H27NO2. The lowest BCUT2D eigenvalue weighted by Crippen LogP contribution is -2.43. The van der Waals surface area contributed by atoms with Crippen LogP contribution in [0.3, 0.4) is 0 Å². The van der Waals surface area contributed by atoms with Gasteiger partial charge in [-0.05, 0) is 52.1 Å². The van der Waals surface area contributed by atoms with E-state index in [1.165, 1.54) is 0 Å². The number of carbonyl (C=O) groups excluding carboxylic acids is 1. The summed E-state index contributed by atoms with van der Waals surface area (Å²) < 4.78 is 5.40. The summed E-state index contributed by atoms with van der Waals surface area (Å²) in [7, 11) is 0. The van der Waals surface area contributed by atoms with Gasteiger partial charge in [0, 0.05) is 0 Å². The van der Waals surface area contributed by atoms with Gasteiger partial charge >= 0.3 is 5.97 Å². The number of esters is 1. The van der Waals surface area contributed by atoms with Crippen molar-refractivity contribution in [1.29, 1.82) is 0 Å². The maximum Gasteiger partial charge on any atom is 0.311 e. The number of ether oxygens (including phenoxy) is 1. The molecule has 1 heterocycles. The van der Waals surface area contributed by atoms with Crippen LogP contribution in [0, 0.1) is 11.3 Å². The van der Waals surface area contributed by atoms with Crippen molar-refractivity contribution in [1.82, 2.24) is 5.32 Å². The van der Waals surface area contributed by atoms with Crippen LogP contribution in [0.15, 0.2) is 0 Å². The first kappa shape index (κ1) is 14.5. The Morgan fingerprint density at radius 2 is 2.18 bits per heavy atom. The van der Waals surface area contributed by atoms with Crippen LogP contribution in [0.4, 0.5) is 0 Å². The molecule has 1 aliphatic heterocycles. The molecule has 0 aromatic carbocycles. The Labute approximate surface area is 105 Å². The zero-order valence-electron chi connectivity index (χ0n) is 11.6. The van der Waals surface area contributed by atoms with Gasteiger partial charge < -0.3 is 10.1 Å². The number of unbranched alkanes of at least 4 members (excludes halogenated alkanes) is 2. The van der Waals surface area contributed by atoms with Crippen molar-refractivity contribution in [3.05, 3.63) is 0 Å². The third-order valence-corrected chi connectivity index (χ3v) is 3.82. The highest BCUT2D eigenvalue weighted by atomic mass is 16.5. The number of rotatable bonds is 6. The van der Waals surface area contributed by atoms with E-state index < -0.39 is 0 Å². The molecule has 1 saturated heterocycles. The molecule has 1 rings (SSSR count). The van der Waals surface area contributed by atoms with Crippen LogP contribution in [0.5, 0.6) is 0 Å². The highest BCUT2D eigenvalue weighted by molar-refractivity contribution is 5.76. The quantitative estimate of drug-likeness (QED) is 0.574. The number of carbonyl (C=O) groups is 1. The summed E-state index contributed by atoms with van der Waals surface area (Å²) in [6.45, 7) is 8.80. The molecule has 3 nitrogen and oxygen atoms in total. The Kier molecular flexibility index (Phi) is 5.96. The molecule has 0 bridgehead atoms. The van der Waals surface area contributed by atoms with Gasteiger partial charge in [0.05, 0.1) is 12.0 Å². The highest BCUT2D eigenvalue weighted by Gasteiger charge is 2.38. The molecule has 0 saturated carbocycles. The molecule has 100 valence electrons. The van der Waals surface area contributed by atoms with Gasteiger partial charge in [-0.2, -0.15) is 0 Å². The second kappa shape index (κ2) is 7.00. The Bertz CT molecular complexity index is 232. The zero-order chi connectivity index (χ0) is 12.7. The summed E-state index contributed by atoms with van der Waals surface area (Å²) in [6.07, 6.45) is 5.58. The molecule has 1 unspecified atom stereocenters. The van der Waals surface area contributed by atoms with E-state index in [9.17, 15) is 4.79 Å². The van der Waals surface area contributed by atoms with Crippen LogP contribution < -0.4 is 5.32 Å². The monoisotopic (exact) mass is 241 g/mol. The Hall–Kier alpha value is -0.570. The highest BCUT2D eigenvalue weighted by Crippen LogP contribution is 2.33. The summed E-state index contributed by atoms with van der Waals surface area (Å²) in [5, 5.41) is 3.36. The van der Waals surface area contributed by atoms with Crippen molar-refractivity contribution in [2.45, 2.75) is 52.9 Å². The van der Waals surface area contributed by atoms with Crippen molar-refractivity contribution in [2.24, 2.45) is 11.3 Å². The third-order valence-electron chi connectivity index (χ3n) is 3.82. The minimum atomic E-state index is -0.348. The van der Waals surface area contributed by atoms with E-state index >= 15 is 0 Å². The average Bonchev–Trinajstić information content (AvgIpc) is 2.35. The maximum absolute atomic E-state index is 12.1. The number of nitrogens with one attached hydrogen (secondary N) is 1. The van der Waals surface area contributed by atoms with Crippen molar-refractivity contribution < 1.29 is 9.53 Å². The average molecular weight is 241 g/mol. The Balaban J connectivity index is 2.36. The van der Waals surface area contributed by atoms with E-state index in [4.69, 9.17) is 4.74 Å². The van der Waals surface area contributed by atoms with Gasteiger partial charge in [0.15, 0.2) is 0 Å². The fourth-order valence-electron chi connectivity index (χ4n) is 2.34. The minimum Gasteiger partial charge on any atom is -0.465 e. The van der Waals surface area contributed by atoms with Gasteiger partial charge in [0.25, 0.3) is 0 Å². The molecule has 1 atom stereocenters. The molecule has 3 heteroatoms. The second-order valence-corrected chi connectivity index (χ2v) is 5.61. The van der Waals surface area contributed by atoms with Crippen LogP contribution in [-0.4, -0.2) is 25.7 Å². The van der Waals surface area contributed by atoms with E-state index in [2.05, 4.69) is 12.2 Å². The van der Waals surface area contributed by atoms with E-state index in [0.29, 0.717) is 12.5 Å². The molecule has 17 heavy (non-hydrogen) atoms. The smallest absolute Gasteiger partial charge is 0.311 e. The van der Waals surface area contributed by atoms with Gasteiger partial charge in [-0.15, -0.1) is 0 Å². The maximum atomic E-state index is 12.1. The van der Waals surface area contributed by atoms with Gasteiger partial charge in [0.2, 0.25) is 0 Å². The molecule has 0 aliphatic carbocycles. The molecule has 0 aromatic rings. The SMILES string of the molecule is CCCCCOC(=O)C(C)(C)C1CCCNC1. The van der Waals surface area contributed by atoms with E-state index in [1.807, 2.05) is 13.8 Å². The fourth-order valence-corrected chi connectivity index (χ4v) is 2.34. The van der Waals surface area contributed by atoms with Crippen LogP contribution in [0.1, 0.15) is 52.9 Å². The summed E-state index contributed by atoms with van der Waals surface area (Å²) in [4.78, 5) is 12.1. The van der Waals surface area contributed by atoms with Gasteiger partial charge in [-0.1, -0.05) is 19.8 Å². The van der Waals surface area contributed by atoms with Crippen molar-refractivity contribution in [3.63, 3.8) is 0 Å². The summed E-state index contributed by atoms with van der Waals surface area (Å²) in [5.41, 5.74) is -0.348. The first-order valence-electron chi connectivity index (χ1n) is 6.97. The van der Waals surface area contributed by atoms with E-state index in [1.54, 1.807) is 0 Å². The summed E-state index contributed by atoms with van der Waals surface area (Å²) in [6, 6.07) is 0. The van der Waals surface area contributed by atoms with Gasteiger partial charge in [-0.25, -0.2) is 0 Å². The van der Waals surface area contributed by atoms with E-state index in [-0.39, 0.29) is 11.4 Å². The second-order valence-electron chi connectivity index (χ2n) is 5.61. The number of hydrogen-bond acceptors (Lipinski definition) is 3. The first-order valence-corrected chi connectivity index (χ1v) is 6.97. The lowest BCUT2D eigenvalue weighted by Gasteiger charge is -2.35. The van der Waals surface area contributed by atoms with Crippen LogP contribution >= 0.6 is 0 Å². The molecular weight excluding hydrogens is 214 g/mol. The lowest BCUT2D eigenvalue weighted by atomic mass is 9.75. The third kappa shape index (κ3) is 4.30. The van der Waals surface area contributed by atoms with Gasteiger partial charge in [0.1, 0.15) is 0 Å². The molecule has 0 spiro atoms.